The van der Waals surface area contributed by atoms with Crippen molar-refractivity contribution in [2.24, 2.45) is 17.8 Å². The number of hydrogen-bond acceptors (Lipinski definition) is 5. The van der Waals surface area contributed by atoms with Crippen molar-refractivity contribution in [3.05, 3.63) is 138 Å². The van der Waals surface area contributed by atoms with Crippen LogP contribution in [0.5, 0.6) is 5.75 Å². The van der Waals surface area contributed by atoms with E-state index in [0.29, 0.717) is 32.5 Å². The van der Waals surface area contributed by atoms with Crippen molar-refractivity contribution in [1.82, 2.24) is 4.90 Å². The number of rotatable bonds is 10. The molecule has 2 amide bonds. The molecule has 0 saturated carbocycles. The number of para-hydroxylation sites is 1. The summed E-state index contributed by atoms with van der Waals surface area (Å²) in [6.07, 6.45) is 3.71. The average Bonchev–Trinajstić information content (AvgIpc) is 3.66. The third-order valence-electron chi connectivity index (χ3n) is 11.2. The van der Waals surface area contributed by atoms with Crippen LogP contribution in [0, 0.1) is 17.8 Å². The number of imide groups is 1. The van der Waals surface area contributed by atoms with Crippen molar-refractivity contribution < 1.29 is 23.9 Å². The number of benzene rings is 4. The van der Waals surface area contributed by atoms with Gasteiger partial charge in [0.2, 0.25) is 11.8 Å². The summed E-state index contributed by atoms with van der Waals surface area (Å²) in [5.74, 6) is -0.960. The zero-order valence-electron chi connectivity index (χ0n) is 29.9. The molecule has 7 rings (SSSR count). The summed E-state index contributed by atoms with van der Waals surface area (Å²) >= 11 is 0. The minimum absolute atomic E-state index is 0.104. The smallest absolute Gasteiger partial charge is 0.261 e. The molecule has 4 aromatic rings. The normalized spacial score (nSPS) is 22.4. The van der Waals surface area contributed by atoms with E-state index in [1.807, 2.05) is 48.5 Å². The molecule has 4 aromatic carbocycles. The van der Waals surface area contributed by atoms with E-state index >= 15 is 0 Å². The lowest BCUT2D eigenvalue weighted by molar-refractivity contribution is -0.138. The molecular weight excluding hydrogens is 651 g/mol. The number of carbonyl (C=O) groups excluding carboxylic acids is 2. The Hall–Kier alpha value is -4.56. The number of nitrogens with zero attached hydrogens (tertiary/aromatic N) is 1. The molecule has 0 unspecified atom stereocenters. The van der Waals surface area contributed by atoms with Gasteiger partial charge in [0.15, 0.2) is 0 Å². The van der Waals surface area contributed by atoms with Crippen LogP contribution in [0.1, 0.15) is 51.2 Å². The number of ether oxygens (including phenoxy) is 1. The van der Waals surface area contributed by atoms with Gasteiger partial charge in [-0.25, -0.2) is 0 Å². The van der Waals surface area contributed by atoms with Crippen LogP contribution in [0.4, 0.5) is 0 Å². The minimum Gasteiger partial charge on any atom is -0.507 e. The molecule has 3 aliphatic rings. The van der Waals surface area contributed by atoms with Crippen molar-refractivity contribution in [2.45, 2.75) is 51.2 Å². The van der Waals surface area contributed by atoms with E-state index in [-0.39, 0.29) is 34.6 Å². The van der Waals surface area contributed by atoms with Crippen molar-refractivity contribution >= 4 is 42.2 Å². The number of allylic oxidation sites excluding steroid dienone is 1. The highest BCUT2D eigenvalue weighted by Crippen LogP contribution is 2.50. The molecule has 2 heterocycles. The summed E-state index contributed by atoms with van der Waals surface area (Å²) in [5, 5.41) is 12.8. The van der Waals surface area contributed by atoms with E-state index in [9.17, 15) is 14.7 Å². The van der Waals surface area contributed by atoms with Gasteiger partial charge in [0.1, 0.15) is 5.75 Å². The van der Waals surface area contributed by atoms with Gasteiger partial charge in [-0.1, -0.05) is 130 Å². The maximum absolute atomic E-state index is 13.6. The molecule has 7 heteroatoms. The van der Waals surface area contributed by atoms with Crippen LogP contribution in [0.3, 0.4) is 0 Å². The van der Waals surface area contributed by atoms with E-state index in [1.165, 1.54) is 15.3 Å². The fourth-order valence-electron chi connectivity index (χ4n) is 8.76. The van der Waals surface area contributed by atoms with Gasteiger partial charge in [0, 0.05) is 18.5 Å². The molecule has 0 radical (unpaired) electrons. The first kappa shape index (κ1) is 34.9. The predicted octanol–water partition coefficient (Wildman–Crippen LogP) is 7.24. The molecule has 1 aliphatic carbocycles. The van der Waals surface area contributed by atoms with Crippen molar-refractivity contribution in [3.8, 4) is 5.75 Å². The fraction of sp³-hybridized carbons (Fsp3) is 0.318. The fourth-order valence-corrected chi connectivity index (χ4v) is 13.3. The molecule has 51 heavy (non-hydrogen) atoms. The molecule has 1 N–H and O–H groups in total. The summed E-state index contributed by atoms with van der Waals surface area (Å²) < 4.78 is 14.1. The first-order valence-electron chi connectivity index (χ1n) is 18.0. The van der Waals surface area contributed by atoms with Crippen LogP contribution < -0.4 is 10.4 Å². The number of carbonyl (C=O) groups is 2. The van der Waals surface area contributed by atoms with Gasteiger partial charge in [0.05, 0.1) is 31.2 Å². The van der Waals surface area contributed by atoms with Gasteiger partial charge in [0.25, 0.3) is 8.32 Å². The monoisotopic (exact) mass is 697 g/mol. The second-order valence-electron chi connectivity index (χ2n) is 15.1. The van der Waals surface area contributed by atoms with Gasteiger partial charge >= 0.3 is 0 Å². The quantitative estimate of drug-likeness (QED) is 0.0819. The van der Waals surface area contributed by atoms with E-state index < -0.39 is 20.2 Å². The molecule has 2 saturated heterocycles. The largest absolute Gasteiger partial charge is 0.507 e. The SMILES string of the molecule is CN1C(=O)[C@@H]2[C@@H](CC(CO[Si](c3ccccc3)(c3ccccc3)C(C)(C)C)=C3[C@@H](CC/C(=C/c4ccccc4O)c4ccccc4)OC[C@@H]32)C1=O. The van der Waals surface area contributed by atoms with Gasteiger partial charge in [-0.3, -0.25) is 14.5 Å². The number of likely N-dealkylation sites (tertiary alicyclic amines) is 1. The molecule has 0 bridgehead atoms. The Morgan fingerprint density at radius 3 is 2.04 bits per heavy atom. The van der Waals surface area contributed by atoms with Crippen LogP contribution in [0.15, 0.2) is 126 Å². The van der Waals surface area contributed by atoms with E-state index in [1.54, 1.807) is 13.1 Å². The Bertz CT molecular complexity index is 1910. The number of phenols is 1. The van der Waals surface area contributed by atoms with Gasteiger partial charge in [-0.2, -0.15) is 0 Å². The highest BCUT2D eigenvalue weighted by Gasteiger charge is 2.57. The molecule has 4 atom stereocenters. The van der Waals surface area contributed by atoms with Crippen molar-refractivity contribution in [2.75, 3.05) is 20.3 Å². The highest BCUT2D eigenvalue weighted by molar-refractivity contribution is 6.99. The third kappa shape index (κ3) is 6.43. The van der Waals surface area contributed by atoms with Crippen molar-refractivity contribution in [3.63, 3.8) is 0 Å². The number of hydrogen-bond donors (Lipinski definition) is 1. The number of amides is 2. The second kappa shape index (κ2) is 14.2. The second-order valence-corrected chi connectivity index (χ2v) is 19.5. The van der Waals surface area contributed by atoms with Crippen LogP contribution >= 0.6 is 0 Å². The zero-order valence-corrected chi connectivity index (χ0v) is 30.9. The lowest BCUT2D eigenvalue weighted by atomic mass is 9.69. The van der Waals surface area contributed by atoms with Crippen LogP contribution in [0.25, 0.3) is 11.6 Å². The van der Waals surface area contributed by atoms with Crippen LogP contribution in [0.2, 0.25) is 5.04 Å². The Morgan fingerprint density at radius 1 is 0.843 bits per heavy atom. The lowest BCUT2D eigenvalue weighted by Gasteiger charge is -2.44. The van der Waals surface area contributed by atoms with E-state index in [4.69, 9.17) is 9.16 Å². The maximum Gasteiger partial charge on any atom is 0.261 e. The summed E-state index contributed by atoms with van der Waals surface area (Å²) in [5.41, 5.74) is 5.18. The third-order valence-corrected chi connectivity index (χ3v) is 16.2. The molecule has 0 spiro atoms. The maximum atomic E-state index is 13.6. The first-order valence-corrected chi connectivity index (χ1v) is 19.9. The number of phenolic OH excluding ortho intramolecular Hbond substituents is 1. The zero-order chi connectivity index (χ0) is 35.8. The Labute approximate surface area is 302 Å². The molecule has 0 aromatic heterocycles. The van der Waals surface area contributed by atoms with Crippen LogP contribution in [-0.2, 0) is 18.8 Å². The number of aromatic hydroxyl groups is 1. The highest BCUT2D eigenvalue weighted by atomic mass is 28.4. The number of fused-ring (bicyclic) bond motifs is 3. The Kier molecular flexibility index (Phi) is 9.72. The summed E-state index contributed by atoms with van der Waals surface area (Å²) in [6.45, 7) is 7.59. The van der Waals surface area contributed by atoms with Crippen LogP contribution in [-0.4, -0.2) is 56.5 Å². The van der Waals surface area contributed by atoms with Gasteiger partial charge in [-0.05, 0) is 69.1 Å². The standard InChI is InChI=1S/C44H47NO5Si/c1-44(2,3)51(34-19-10-6-11-20-34,35-21-12-7-13-22-35)50-28-33-27-36-41(43(48)45(4)42(36)47)37-29-49-39(40(33)37)25-24-31(30-16-8-5-9-17-30)26-32-18-14-15-23-38(32)46/h5-23,26,36-37,39,41,46H,24-25,27-29H2,1-4H3/b31-26-/t36-,37+,39-,41-/m1/s1. The van der Waals surface area contributed by atoms with Gasteiger partial charge < -0.3 is 14.3 Å². The first-order chi connectivity index (χ1) is 24.6. The van der Waals surface area contributed by atoms with E-state index in [2.05, 4.69) is 87.5 Å². The Balaban J connectivity index is 1.28. The topological polar surface area (TPSA) is 76.1 Å². The van der Waals surface area contributed by atoms with Gasteiger partial charge in [-0.15, -0.1) is 0 Å². The summed E-state index contributed by atoms with van der Waals surface area (Å²) in [6, 6.07) is 38.8. The molecule has 6 nitrogen and oxygen atoms in total. The minimum atomic E-state index is -2.88. The molecule has 2 aliphatic heterocycles. The van der Waals surface area contributed by atoms with E-state index in [0.717, 1.165) is 27.8 Å². The molecule has 262 valence electrons. The predicted molar refractivity (Wildman–Crippen MR) is 205 cm³/mol. The molecule has 2 fully saturated rings. The summed E-state index contributed by atoms with van der Waals surface area (Å²) in [4.78, 5) is 28.4. The summed E-state index contributed by atoms with van der Waals surface area (Å²) in [7, 11) is -1.26. The average molecular weight is 698 g/mol. The van der Waals surface area contributed by atoms with Crippen molar-refractivity contribution in [1.29, 1.82) is 0 Å². The Morgan fingerprint density at radius 2 is 1.43 bits per heavy atom. The molecular formula is C44H47NO5Si. The lowest BCUT2D eigenvalue weighted by Crippen LogP contribution is -2.66.